The maximum atomic E-state index is 12.4. The van der Waals surface area contributed by atoms with E-state index in [0.29, 0.717) is 23.0 Å². The molecular formula is C15H23N3O2. The van der Waals surface area contributed by atoms with E-state index >= 15 is 0 Å². The Kier molecular flexibility index (Phi) is 4.49. The standard InChI is InChI=1S/C15H23N3O2/c1-10-8-12(6-7-18(10)2)17-15(19)13-9-11(16)4-5-14(13)20-3/h4-5,9-10,12H,6-8,16H2,1-3H3,(H,17,19). The van der Waals surface area contributed by atoms with Crippen LogP contribution in [-0.4, -0.2) is 43.6 Å². The molecule has 20 heavy (non-hydrogen) atoms. The average Bonchev–Trinajstić information content (AvgIpc) is 2.43. The van der Waals surface area contributed by atoms with Crippen LogP contribution in [0.5, 0.6) is 5.75 Å². The molecule has 1 amide bonds. The summed E-state index contributed by atoms with van der Waals surface area (Å²) in [5.41, 5.74) is 6.81. The number of likely N-dealkylation sites (tertiary alicyclic amines) is 1. The molecule has 0 saturated carbocycles. The molecule has 3 N–H and O–H groups in total. The Hall–Kier alpha value is -1.75. The zero-order valence-electron chi connectivity index (χ0n) is 12.3. The number of carbonyl (C=O) groups excluding carboxylic acids is 1. The van der Waals surface area contributed by atoms with Crippen LogP contribution in [0.3, 0.4) is 0 Å². The lowest BCUT2D eigenvalue weighted by Gasteiger charge is -2.35. The lowest BCUT2D eigenvalue weighted by Crippen LogP contribution is -2.47. The Balaban J connectivity index is 2.07. The number of nitrogens with one attached hydrogen (secondary N) is 1. The molecule has 2 atom stereocenters. The van der Waals surface area contributed by atoms with Crippen molar-refractivity contribution < 1.29 is 9.53 Å². The molecule has 0 aromatic heterocycles. The smallest absolute Gasteiger partial charge is 0.255 e. The first-order chi connectivity index (χ1) is 9.51. The summed E-state index contributed by atoms with van der Waals surface area (Å²) in [4.78, 5) is 14.7. The number of ether oxygens (including phenoxy) is 1. The summed E-state index contributed by atoms with van der Waals surface area (Å²) in [6, 6.07) is 5.80. The fraction of sp³-hybridized carbons (Fsp3) is 0.533. The highest BCUT2D eigenvalue weighted by Crippen LogP contribution is 2.22. The first-order valence-electron chi connectivity index (χ1n) is 6.96. The van der Waals surface area contributed by atoms with Gasteiger partial charge in [-0.2, -0.15) is 0 Å². The fourth-order valence-corrected chi connectivity index (χ4v) is 2.59. The highest BCUT2D eigenvalue weighted by atomic mass is 16.5. The maximum absolute atomic E-state index is 12.4. The van der Waals surface area contributed by atoms with E-state index in [1.807, 2.05) is 0 Å². The molecule has 5 heteroatoms. The predicted octanol–water partition coefficient (Wildman–Crippen LogP) is 1.49. The third kappa shape index (κ3) is 3.22. The number of piperidine rings is 1. The van der Waals surface area contributed by atoms with E-state index in [9.17, 15) is 4.79 Å². The van der Waals surface area contributed by atoms with Crippen molar-refractivity contribution >= 4 is 11.6 Å². The van der Waals surface area contributed by atoms with Gasteiger partial charge in [0, 0.05) is 24.3 Å². The number of hydrogen-bond acceptors (Lipinski definition) is 4. The predicted molar refractivity (Wildman–Crippen MR) is 80.0 cm³/mol. The summed E-state index contributed by atoms with van der Waals surface area (Å²) in [6.45, 7) is 3.18. The van der Waals surface area contributed by atoms with Crippen molar-refractivity contribution in [2.75, 3.05) is 26.4 Å². The van der Waals surface area contributed by atoms with Gasteiger partial charge in [-0.3, -0.25) is 4.79 Å². The van der Waals surface area contributed by atoms with Gasteiger partial charge in [0.1, 0.15) is 5.75 Å². The Morgan fingerprint density at radius 1 is 1.50 bits per heavy atom. The van der Waals surface area contributed by atoms with Crippen LogP contribution in [-0.2, 0) is 0 Å². The zero-order chi connectivity index (χ0) is 14.7. The number of hydrogen-bond donors (Lipinski definition) is 2. The van der Waals surface area contributed by atoms with E-state index in [4.69, 9.17) is 10.5 Å². The Bertz CT molecular complexity index is 490. The normalized spacial score (nSPS) is 23.4. The van der Waals surface area contributed by atoms with Gasteiger partial charge in [0.05, 0.1) is 12.7 Å². The van der Waals surface area contributed by atoms with Crippen LogP contribution in [0.4, 0.5) is 5.69 Å². The Morgan fingerprint density at radius 3 is 2.90 bits per heavy atom. The second-order valence-electron chi connectivity index (χ2n) is 5.48. The second-order valence-corrected chi connectivity index (χ2v) is 5.48. The second kappa shape index (κ2) is 6.13. The third-order valence-electron chi connectivity index (χ3n) is 4.01. The zero-order valence-corrected chi connectivity index (χ0v) is 12.3. The van der Waals surface area contributed by atoms with Gasteiger partial charge < -0.3 is 20.7 Å². The van der Waals surface area contributed by atoms with Crippen LogP contribution in [0.25, 0.3) is 0 Å². The molecule has 1 aromatic carbocycles. The van der Waals surface area contributed by atoms with Gasteiger partial charge in [-0.1, -0.05) is 0 Å². The number of anilines is 1. The Morgan fingerprint density at radius 2 is 2.25 bits per heavy atom. The number of carbonyl (C=O) groups is 1. The molecular weight excluding hydrogens is 254 g/mol. The van der Waals surface area contributed by atoms with Crippen molar-refractivity contribution in [3.05, 3.63) is 23.8 Å². The summed E-state index contributed by atoms with van der Waals surface area (Å²) < 4.78 is 5.22. The Labute approximate surface area is 120 Å². The molecule has 110 valence electrons. The molecule has 1 heterocycles. The molecule has 2 unspecified atom stereocenters. The largest absolute Gasteiger partial charge is 0.496 e. The van der Waals surface area contributed by atoms with Gasteiger partial charge in [-0.05, 0) is 45.0 Å². The molecule has 0 radical (unpaired) electrons. The van der Waals surface area contributed by atoms with E-state index in [1.165, 1.54) is 0 Å². The van der Waals surface area contributed by atoms with Gasteiger partial charge in [0.25, 0.3) is 5.91 Å². The first kappa shape index (κ1) is 14.7. The first-order valence-corrected chi connectivity index (χ1v) is 6.96. The fourth-order valence-electron chi connectivity index (χ4n) is 2.59. The van der Waals surface area contributed by atoms with Crippen molar-refractivity contribution in [1.29, 1.82) is 0 Å². The van der Waals surface area contributed by atoms with Gasteiger partial charge in [-0.15, -0.1) is 0 Å². The molecule has 1 aromatic rings. The number of nitrogens with two attached hydrogens (primary N) is 1. The summed E-state index contributed by atoms with van der Waals surface area (Å²) in [5, 5.41) is 3.09. The number of methoxy groups -OCH3 is 1. The summed E-state index contributed by atoms with van der Waals surface area (Å²) in [5.74, 6) is 0.438. The van der Waals surface area contributed by atoms with Crippen molar-refractivity contribution in [3.63, 3.8) is 0 Å². The van der Waals surface area contributed by atoms with Crippen molar-refractivity contribution in [1.82, 2.24) is 10.2 Å². The molecule has 2 rings (SSSR count). The molecule has 1 aliphatic heterocycles. The lowest BCUT2D eigenvalue weighted by atomic mass is 9.98. The molecule has 0 bridgehead atoms. The van der Waals surface area contributed by atoms with Gasteiger partial charge in [0.15, 0.2) is 0 Å². The monoisotopic (exact) mass is 277 g/mol. The quantitative estimate of drug-likeness (QED) is 0.821. The van der Waals surface area contributed by atoms with Crippen molar-refractivity contribution in [2.24, 2.45) is 0 Å². The minimum Gasteiger partial charge on any atom is -0.496 e. The van der Waals surface area contributed by atoms with Gasteiger partial charge in [-0.25, -0.2) is 0 Å². The molecule has 0 aliphatic carbocycles. The van der Waals surface area contributed by atoms with E-state index in [-0.39, 0.29) is 11.9 Å². The van der Waals surface area contributed by atoms with Crippen LogP contribution < -0.4 is 15.8 Å². The van der Waals surface area contributed by atoms with Crippen LogP contribution >= 0.6 is 0 Å². The lowest BCUT2D eigenvalue weighted by molar-refractivity contribution is 0.0893. The number of amides is 1. The maximum Gasteiger partial charge on any atom is 0.255 e. The highest BCUT2D eigenvalue weighted by Gasteiger charge is 2.25. The van der Waals surface area contributed by atoms with Crippen LogP contribution in [0.2, 0.25) is 0 Å². The molecule has 1 aliphatic rings. The van der Waals surface area contributed by atoms with Crippen LogP contribution in [0, 0.1) is 0 Å². The summed E-state index contributed by atoms with van der Waals surface area (Å²) in [7, 11) is 3.67. The number of rotatable bonds is 3. The van der Waals surface area contributed by atoms with E-state index in [2.05, 4.69) is 24.2 Å². The van der Waals surface area contributed by atoms with Crippen molar-refractivity contribution in [3.8, 4) is 5.75 Å². The third-order valence-corrected chi connectivity index (χ3v) is 4.01. The summed E-state index contributed by atoms with van der Waals surface area (Å²) in [6.07, 6.45) is 1.93. The average molecular weight is 277 g/mol. The summed E-state index contributed by atoms with van der Waals surface area (Å²) >= 11 is 0. The minimum atomic E-state index is -0.115. The molecule has 5 nitrogen and oxygen atoms in total. The molecule has 1 fully saturated rings. The van der Waals surface area contributed by atoms with E-state index < -0.39 is 0 Å². The van der Waals surface area contributed by atoms with Gasteiger partial charge in [0.2, 0.25) is 0 Å². The molecule has 1 saturated heterocycles. The van der Waals surface area contributed by atoms with E-state index in [0.717, 1.165) is 19.4 Å². The molecule has 0 spiro atoms. The van der Waals surface area contributed by atoms with Crippen molar-refractivity contribution in [2.45, 2.75) is 31.8 Å². The topological polar surface area (TPSA) is 67.6 Å². The van der Waals surface area contributed by atoms with E-state index in [1.54, 1.807) is 25.3 Å². The number of benzene rings is 1. The SMILES string of the molecule is COc1ccc(N)cc1C(=O)NC1CCN(C)C(C)C1. The minimum absolute atomic E-state index is 0.115. The number of nitrogen functional groups attached to an aromatic ring is 1. The van der Waals surface area contributed by atoms with Crippen LogP contribution in [0.15, 0.2) is 18.2 Å². The number of nitrogens with zero attached hydrogens (tertiary/aromatic N) is 1. The highest BCUT2D eigenvalue weighted by molar-refractivity contribution is 5.98. The van der Waals surface area contributed by atoms with Crippen LogP contribution in [0.1, 0.15) is 30.1 Å². The van der Waals surface area contributed by atoms with Gasteiger partial charge >= 0.3 is 0 Å².